The predicted octanol–water partition coefficient (Wildman–Crippen LogP) is 2.55. The maximum absolute atomic E-state index is 13.7. The molecule has 8 heteroatoms. The van der Waals surface area contributed by atoms with Gasteiger partial charge in [0, 0.05) is 18.3 Å². The van der Waals surface area contributed by atoms with E-state index in [0.717, 1.165) is 0 Å². The molecule has 1 aliphatic heterocycles. The van der Waals surface area contributed by atoms with Crippen molar-refractivity contribution in [2.75, 3.05) is 18.5 Å². The standard InChI is InChI=1S/C18H18FN5O2/c1-11-13-9-12(19)3-4-15(13)26-8-2-6-20-18(25)14-10-21-24-7-5-16(22-11)23-17(14)24/h3-5,7,9-11H,2,6,8H2,1H3,(H,20,25)(H,22,23). The molecule has 1 atom stereocenters. The molecule has 2 N–H and O–H groups in total. The maximum Gasteiger partial charge on any atom is 0.256 e. The number of benzene rings is 1. The first kappa shape index (κ1) is 16.3. The molecule has 0 radical (unpaired) electrons. The molecular weight excluding hydrogens is 337 g/mol. The molecule has 3 heterocycles. The molecular formula is C18H18FN5O2. The normalized spacial score (nSPS) is 17.8. The lowest BCUT2D eigenvalue weighted by Gasteiger charge is -2.19. The lowest BCUT2D eigenvalue weighted by molar-refractivity contribution is 0.0953. The SMILES string of the molecule is CC1Nc2ccn3ncc(c3n2)C(=O)NCCCOc2ccc(F)cc21. The highest BCUT2D eigenvalue weighted by atomic mass is 19.1. The van der Waals surface area contributed by atoms with Gasteiger partial charge >= 0.3 is 0 Å². The highest BCUT2D eigenvalue weighted by Gasteiger charge is 2.17. The fourth-order valence-electron chi connectivity index (χ4n) is 2.95. The van der Waals surface area contributed by atoms with E-state index in [0.29, 0.717) is 47.9 Å². The van der Waals surface area contributed by atoms with Crippen molar-refractivity contribution >= 4 is 17.4 Å². The molecule has 26 heavy (non-hydrogen) atoms. The van der Waals surface area contributed by atoms with E-state index in [9.17, 15) is 9.18 Å². The molecule has 1 aromatic carbocycles. The van der Waals surface area contributed by atoms with Crippen molar-refractivity contribution in [1.82, 2.24) is 19.9 Å². The van der Waals surface area contributed by atoms with Crippen LogP contribution in [0.4, 0.5) is 10.2 Å². The number of nitrogens with zero attached hydrogens (tertiary/aromatic N) is 3. The van der Waals surface area contributed by atoms with Crippen molar-refractivity contribution in [1.29, 1.82) is 0 Å². The third-order valence-corrected chi connectivity index (χ3v) is 4.28. The largest absolute Gasteiger partial charge is 0.493 e. The summed E-state index contributed by atoms with van der Waals surface area (Å²) in [4.78, 5) is 16.9. The Kier molecular flexibility index (Phi) is 4.16. The van der Waals surface area contributed by atoms with Gasteiger partial charge in [-0.2, -0.15) is 5.10 Å². The van der Waals surface area contributed by atoms with Gasteiger partial charge in [0.2, 0.25) is 0 Å². The van der Waals surface area contributed by atoms with Crippen LogP contribution in [-0.2, 0) is 0 Å². The topological polar surface area (TPSA) is 80.5 Å². The first-order chi connectivity index (χ1) is 12.6. The van der Waals surface area contributed by atoms with Gasteiger partial charge in [-0.15, -0.1) is 0 Å². The number of ether oxygens (including phenoxy) is 1. The summed E-state index contributed by atoms with van der Waals surface area (Å²) in [5.74, 6) is 0.626. The Bertz CT molecular complexity index is 971. The number of carbonyl (C=O) groups excluding carboxylic acids is 1. The maximum atomic E-state index is 13.7. The second kappa shape index (κ2) is 6.62. The predicted molar refractivity (Wildman–Crippen MR) is 93.9 cm³/mol. The van der Waals surface area contributed by atoms with E-state index in [1.54, 1.807) is 22.8 Å². The molecule has 1 unspecified atom stereocenters. The van der Waals surface area contributed by atoms with Crippen LogP contribution in [0.1, 0.15) is 35.3 Å². The number of anilines is 1. The number of nitrogens with one attached hydrogen (secondary N) is 2. The van der Waals surface area contributed by atoms with E-state index < -0.39 is 0 Å². The zero-order valence-electron chi connectivity index (χ0n) is 14.2. The van der Waals surface area contributed by atoms with Gasteiger partial charge in [0.1, 0.15) is 22.9 Å². The van der Waals surface area contributed by atoms with Crippen LogP contribution in [0, 0.1) is 5.82 Å². The molecule has 0 saturated carbocycles. The van der Waals surface area contributed by atoms with Gasteiger partial charge < -0.3 is 15.4 Å². The summed E-state index contributed by atoms with van der Waals surface area (Å²) in [5, 5.41) is 10.2. The number of amides is 1. The summed E-state index contributed by atoms with van der Waals surface area (Å²) in [7, 11) is 0. The van der Waals surface area contributed by atoms with E-state index in [1.807, 2.05) is 6.92 Å². The van der Waals surface area contributed by atoms with Crippen molar-refractivity contribution in [3.8, 4) is 5.75 Å². The number of rotatable bonds is 0. The molecule has 2 bridgehead atoms. The van der Waals surface area contributed by atoms with E-state index in [2.05, 4.69) is 20.7 Å². The fraction of sp³-hybridized carbons (Fsp3) is 0.278. The Morgan fingerprint density at radius 1 is 1.35 bits per heavy atom. The Labute approximate surface area is 149 Å². The van der Waals surface area contributed by atoms with Gasteiger partial charge in [-0.05, 0) is 37.6 Å². The van der Waals surface area contributed by atoms with Gasteiger partial charge in [-0.3, -0.25) is 4.79 Å². The van der Waals surface area contributed by atoms with Crippen molar-refractivity contribution in [2.45, 2.75) is 19.4 Å². The zero-order chi connectivity index (χ0) is 18.1. The number of hydrogen-bond donors (Lipinski definition) is 2. The number of aromatic nitrogens is 3. The molecule has 1 amide bonds. The Morgan fingerprint density at radius 3 is 3.12 bits per heavy atom. The van der Waals surface area contributed by atoms with E-state index in [1.165, 1.54) is 18.3 Å². The lowest BCUT2D eigenvalue weighted by Crippen LogP contribution is -2.26. The van der Waals surface area contributed by atoms with Crippen molar-refractivity contribution in [3.05, 3.63) is 53.6 Å². The first-order valence-corrected chi connectivity index (χ1v) is 8.43. The average Bonchev–Trinajstić information content (AvgIpc) is 3.05. The monoisotopic (exact) mass is 355 g/mol. The van der Waals surface area contributed by atoms with Crippen LogP contribution in [0.2, 0.25) is 0 Å². The number of fused-ring (bicyclic) bond motifs is 2. The second-order valence-electron chi connectivity index (χ2n) is 6.15. The van der Waals surface area contributed by atoms with Crippen LogP contribution in [0.25, 0.3) is 5.65 Å². The number of carbonyl (C=O) groups is 1. The molecule has 0 aliphatic carbocycles. The molecule has 134 valence electrons. The zero-order valence-corrected chi connectivity index (χ0v) is 14.2. The Hall–Kier alpha value is -3.16. The van der Waals surface area contributed by atoms with Crippen molar-refractivity contribution < 1.29 is 13.9 Å². The number of hydrogen-bond acceptors (Lipinski definition) is 5. The summed E-state index contributed by atoms with van der Waals surface area (Å²) >= 11 is 0. The van der Waals surface area contributed by atoms with Crippen molar-refractivity contribution in [3.63, 3.8) is 0 Å². The van der Waals surface area contributed by atoms with E-state index in [-0.39, 0.29) is 17.8 Å². The van der Waals surface area contributed by atoms with Gasteiger partial charge in [0.05, 0.1) is 18.8 Å². The molecule has 0 fully saturated rings. The van der Waals surface area contributed by atoms with Crippen LogP contribution in [-0.4, -0.2) is 33.7 Å². The molecule has 0 saturated heterocycles. The van der Waals surface area contributed by atoms with Crippen LogP contribution in [0.5, 0.6) is 5.75 Å². The first-order valence-electron chi connectivity index (χ1n) is 8.43. The van der Waals surface area contributed by atoms with E-state index >= 15 is 0 Å². The summed E-state index contributed by atoms with van der Waals surface area (Å²) in [5.41, 5.74) is 1.58. The summed E-state index contributed by atoms with van der Waals surface area (Å²) in [6, 6.07) is 5.98. The molecule has 2 aromatic heterocycles. The summed E-state index contributed by atoms with van der Waals surface area (Å²) in [6.07, 6.45) is 3.85. The van der Waals surface area contributed by atoms with Crippen LogP contribution in [0.3, 0.4) is 0 Å². The molecule has 1 aliphatic rings. The van der Waals surface area contributed by atoms with E-state index in [4.69, 9.17) is 4.74 Å². The molecule has 3 aromatic rings. The third-order valence-electron chi connectivity index (χ3n) is 4.28. The van der Waals surface area contributed by atoms with Crippen LogP contribution in [0.15, 0.2) is 36.7 Å². The lowest BCUT2D eigenvalue weighted by atomic mass is 10.1. The average molecular weight is 355 g/mol. The molecule has 0 spiro atoms. The minimum absolute atomic E-state index is 0.225. The smallest absolute Gasteiger partial charge is 0.256 e. The van der Waals surface area contributed by atoms with Crippen LogP contribution >= 0.6 is 0 Å². The second-order valence-corrected chi connectivity index (χ2v) is 6.15. The molecule has 4 rings (SSSR count). The minimum Gasteiger partial charge on any atom is -0.493 e. The highest BCUT2D eigenvalue weighted by Crippen LogP contribution is 2.29. The number of halogens is 1. The molecule has 7 nitrogen and oxygen atoms in total. The fourth-order valence-corrected chi connectivity index (χ4v) is 2.95. The van der Waals surface area contributed by atoms with Crippen molar-refractivity contribution in [2.24, 2.45) is 0 Å². The minimum atomic E-state index is -0.323. The Balaban J connectivity index is 1.77. The van der Waals surface area contributed by atoms with Gasteiger partial charge in [0.15, 0.2) is 5.65 Å². The summed E-state index contributed by atoms with van der Waals surface area (Å²) < 4.78 is 21.1. The Morgan fingerprint density at radius 2 is 2.23 bits per heavy atom. The highest BCUT2D eigenvalue weighted by molar-refractivity contribution is 5.99. The van der Waals surface area contributed by atoms with Gasteiger partial charge in [-0.1, -0.05) is 0 Å². The quantitative estimate of drug-likeness (QED) is 0.648. The summed E-state index contributed by atoms with van der Waals surface area (Å²) in [6.45, 7) is 2.78. The third kappa shape index (κ3) is 3.05. The van der Waals surface area contributed by atoms with Gasteiger partial charge in [-0.25, -0.2) is 13.9 Å². The van der Waals surface area contributed by atoms with Crippen LogP contribution < -0.4 is 15.4 Å². The van der Waals surface area contributed by atoms with Gasteiger partial charge in [0.25, 0.3) is 5.91 Å².